The van der Waals surface area contributed by atoms with Crippen molar-refractivity contribution < 1.29 is 14.3 Å². The molecule has 2 amide bonds. The fourth-order valence-electron chi connectivity index (χ4n) is 4.03. The summed E-state index contributed by atoms with van der Waals surface area (Å²) in [7, 11) is 0. The lowest BCUT2D eigenvalue weighted by Gasteiger charge is -2.46. The van der Waals surface area contributed by atoms with Crippen molar-refractivity contribution in [3.05, 3.63) is 24.3 Å². The maximum atomic E-state index is 12.3. The lowest BCUT2D eigenvalue weighted by atomic mass is 9.80. The zero-order chi connectivity index (χ0) is 18.1. The van der Waals surface area contributed by atoms with E-state index in [0.717, 1.165) is 24.3 Å². The summed E-state index contributed by atoms with van der Waals surface area (Å²) in [4.78, 5) is 12.3. The van der Waals surface area contributed by atoms with Crippen LogP contribution in [0.2, 0.25) is 0 Å². The average molecular weight is 347 g/mol. The molecule has 25 heavy (non-hydrogen) atoms. The van der Waals surface area contributed by atoms with Gasteiger partial charge in [-0.05, 0) is 52.7 Å². The molecular formula is C19H29N3O3. The fraction of sp³-hybridized carbons (Fsp3) is 0.632. The van der Waals surface area contributed by atoms with E-state index in [-0.39, 0.29) is 29.3 Å². The highest BCUT2D eigenvalue weighted by Gasteiger charge is 2.38. The Bertz CT molecular complexity index is 614. The van der Waals surface area contributed by atoms with Gasteiger partial charge in [0, 0.05) is 17.1 Å². The van der Waals surface area contributed by atoms with E-state index in [4.69, 9.17) is 9.47 Å². The number of urea groups is 1. The zero-order valence-electron chi connectivity index (χ0n) is 15.5. The number of fused-ring (bicyclic) bond motifs is 1. The predicted octanol–water partition coefficient (Wildman–Crippen LogP) is 2.43. The lowest BCUT2D eigenvalue weighted by molar-refractivity contribution is 0.0911. The monoisotopic (exact) mass is 347 g/mol. The second-order valence-electron chi connectivity index (χ2n) is 8.35. The van der Waals surface area contributed by atoms with E-state index in [9.17, 15) is 4.79 Å². The molecule has 138 valence electrons. The number of carbonyl (C=O) groups excluding carboxylic acids is 1. The van der Waals surface area contributed by atoms with Gasteiger partial charge in [-0.15, -0.1) is 0 Å². The van der Waals surface area contributed by atoms with Gasteiger partial charge < -0.3 is 25.4 Å². The summed E-state index contributed by atoms with van der Waals surface area (Å²) < 4.78 is 11.5. The molecule has 0 radical (unpaired) electrons. The molecule has 2 aliphatic heterocycles. The number of para-hydroxylation sites is 2. The average Bonchev–Trinajstić information content (AvgIpc) is 2.49. The number of hydrogen-bond acceptors (Lipinski definition) is 4. The van der Waals surface area contributed by atoms with Crippen LogP contribution in [0.15, 0.2) is 24.3 Å². The molecule has 1 saturated heterocycles. The molecule has 0 aliphatic carbocycles. The summed E-state index contributed by atoms with van der Waals surface area (Å²) in [6.07, 6.45) is 1.63. The summed E-state index contributed by atoms with van der Waals surface area (Å²) >= 11 is 0. The number of ether oxygens (including phenoxy) is 2. The van der Waals surface area contributed by atoms with Crippen molar-refractivity contribution in [2.75, 3.05) is 13.2 Å². The normalized spacial score (nSPS) is 24.4. The third-order valence-corrected chi connectivity index (χ3v) is 4.58. The van der Waals surface area contributed by atoms with Crippen LogP contribution in [0.1, 0.15) is 40.5 Å². The molecule has 3 N–H and O–H groups in total. The molecule has 6 nitrogen and oxygen atoms in total. The summed E-state index contributed by atoms with van der Waals surface area (Å²) in [5, 5.41) is 9.63. The van der Waals surface area contributed by atoms with Crippen molar-refractivity contribution in [2.45, 2.75) is 63.8 Å². The minimum Gasteiger partial charge on any atom is -0.486 e. The second kappa shape index (κ2) is 6.75. The number of nitrogens with one attached hydrogen (secondary N) is 3. The van der Waals surface area contributed by atoms with Gasteiger partial charge in [-0.25, -0.2) is 4.79 Å². The molecule has 0 saturated carbocycles. The van der Waals surface area contributed by atoms with Crippen LogP contribution in [0.5, 0.6) is 11.5 Å². The first-order chi connectivity index (χ1) is 11.7. The van der Waals surface area contributed by atoms with Crippen LogP contribution in [0, 0.1) is 0 Å². The van der Waals surface area contributed by atoms with Gasteiger partial charge in [0.15, 0.2) is 17.6 Å². The number of rotatable bonds is 3. The summed E-state index contributed by atoms with van der Waals surface area (Å²) in [6, 6.07) is 7.57. The Balaban J connectivity index is 1.47. The van der Waals surface area contributed by atoms with Gasteiger partial charge in [0.05, 0.1) is 6.54 Å². The number of amides is 2. The molecule has 0 spiro atoms. The number of piperidine rings is 1. The van der Waals surface area contributed by atoms with Crippen LogP contribution in [-0.2, 0) is 0 Å². The Morgan fingerprint density at radius 1 is 1.16 bits per heavy atom. The van der Waals surface area contributed by atoms with E-state index < -0.39 is 0 Å². The van der Waals surface area contributed by atoms with Crippen molar-refractivity contribution in [1.82, 2.24) is 16.0 Å². The molecule has 3 rings (SSSR count). The first-order valence-corrected chi connectivity index (χ1v) is 8.95. The predicted molar refractivity (Wildman–Crippen MR) is 97.2 cm³/mol. The molecule has 2 heterocycles. The standard InChI is InChI=1S/C19H29N3O3/c1-18(2)9-13(10-19(3,4)22-18)21-17(23)20-11-14-12-24-15-7-5-6-8-16(15)25-14/h5-8,13-14,22H,9-12H2,1-4H3,(H2,20,21,23). The van der Waals surface area contributed by atoms with Gasteiger partial charge in [-0.1, -0.05) is 12.1 Å². The largest absolute Gasteiger partial charge is 0.486 e. The van der Waals surface area contributed by atoms with Crippen molar-refractivity contribution in [2.24, 2.45) is 0 Å². The van der Waals surface area contributed by atoms with Gasteiger partial charge in [0.2, 0.25) is 0 Å². The highest BCUT2D eigenvalue weighted by Crippen LogP contribution is 2.31. The number of benzene rings is 1. The quantitative estimate of drug-likeness (QED) is 0.785. The minimum absolute atomic E-state index is 0.00370. The molecule has 1 fully saturated rings. The Morgan fingerprint density at radius 2 is 1.80 bits per heavy atom. The van der Waals surface area contributed by atoms with Crippen LogP contribution in [0.3, 0.4) is 0 Å². The highest BCUT2D eigenvalue weighted by molar-refractivity contribution is 5.74. The first-order valence-electron chi connectivity index (χ1n) is 8.95. The Hall–Kier alpha value is -1.95. The molecule has 0 bridgehead atoms. The van der Waals surface area contributed by atoms with Crippen LogP contribution < -0.4 is 25.4 Å². The first kappa shape index (κ1) is 17.9. The van der Waals surface area contributed by atoms with Crippen molar-refractivity contribution >= 4 is 6.03 Å². The minimum atomic E-state index is -0.179. The van der Waals surface area contributed by atoms with Crippen molar-refractivity contribution in [1.29, 1.82) is 0 Å². The van der Waals surface area contributed by atoms with Crippen LogP contribution in [0.4, 0.5) is 4.79 Å². The van der Waals surface area contributed by atoms with E-state index in [1.54, 1.807) is 0 Å². The third kappa shape index (κ3) is 4.78. The summed E-state index contributed by atoms with van der Waals surface area (Å²) in [5.41, 5.74) is 0.00740. The van der Waals surface area contributed by atoms with Gasteiger partial charge in [-0.2, -0.15) is 0 Å². The zero-order valence-corrected chi connectivity index (χ0v) is 15.5. The maximum Gasteiger partial charge on any atom is 0.315 e. The Morgan fingerprint density at radius 3 is 2.48 bits per heavy atom. The molecule has 1 atom stereocenters. The van der Waals surface area contributed by atoms with Gasteiger partial charge in [0.1, 0.15) is 6.61 Å². The number of carbonyl (C=O) groups is 1. The fourth-order valence-corrected chi connectivity index (χ4v) is 4.03. The maximum absolute atomic E-state index is 12.3. The molecule has 6 heteroatoms. The molecule has 1 unspecified atom stereocenters. The Kier molecular flexibility index (Phi) is 4.82. The summed E-state index contributed by atoms with van der Waals surface area (Å²) in [6.45, 7) is 9.54. The van der Waals surface area contributed by atoms with Crippen LogP contribution in [0.25, 0.3) is 0 Å². The molecule has 1 aromatic rings. The van der Waals surface area contributed by atoms with Gasteiger partial charge in [0.25, 0.3) is 0 Å². The van der Waals surface area contributed by atoms with Crippen molar-refractivity contribution in [3.63, 3.8) is 0 Å². The second-order valence-corrected chi connectivity index (χ2v) is 8.35. The third-order valence-electron chi connectivity index (χ3n) is 4.58. The van der Waals surface area contributed by atoms with E-state index in [1.165, 1.54) is 0 Å². The van der Waals surface area contributed by atoms with E-state index in [2.05, 4.69) is 43.6 Å². The van der Waals surface area contributed by atoms with Crippen LogP contribution >= 0.6 is 0 Å². The van der Waals surface area contributed by atoms with Gasteiger partial charge in [-0.3, -0.25) is 0 Å². The van der Waals surface area contributed by atoms with Gasteiger partial charge >= 0.3 is 6.03 Å². The highest BCUT2D eigenvalue weighted by atomic mass is 16.6. The lowest BCUT2D eigenvalue weighted by Crippen LogP contribution is -2.63. The molecular weight excluding hydrogens is 318 g/mol. The van der Waals surface area contributed by atoms with E-state index in [1.807, 2.05) is 24.3 Å². The Labute approximate surface area is 149 Å². The topological polar surface area (TPSA) is 71.6 Å². The smallest absolute Gasteiger partial charge is 0.315 e. The van der Waals surface area contributed by atoms with E-state index >= 15 is 0 Å². The summed E-state index contributed by atoms with van der Waals surface area (Å²) in [5.74, 6) is 1.48. The van der Waals surface area contributed by atoms with Crippen molar-refractivity contribution in [3.8, 4) is 11.5 Å². The van der Waals surface area contributed by atoms with E-state index in [0.29, 0.717) is 13.2 Å². The molecule has 1 aromatic carbocycles. The van der Waals surface area contributed by atoms with Crippen LogP contribution in [-0.4, -0.2) is 42.4 Å². The molecule has 0 aromatic heterocycles. The number of hydrogen-bond donors (Lipinski definition) is 3. The SMILES string of the molecule is CC1(C)CC(NC(=O)NCC2COc3ccccc3O2)CC(C)(C)N1. The molecule has 2 aliphatic rings.